The molecule has 6 nitrogen and oxygen atoms in total. The third kappa shape index (κ3) is 3.70. The maximum Gasteiger partial charge on any atom is 0.393 e. The van der Waals surface area contributed by atoms with E-state index in [-0.39, 0.29) is 24.9 Å². The average molecular weight is 431 g/mol. The van der Waals surface area contributed by atoms with Crippen LogP contribution in [-0.4, -0.2) is 63.1 Å². The van der Waals surface area contributed by atoms with Crippen LogP contribution in [0, 0.1) is 5.92 Å². The van der Waals surface area contributed by atoms with Gasteiger partial charge in [0.05, 0.1) is 17.6 Å². The SMILES string of the molecule is O=C(N1CCC(c2ccnc3cnc4[nH]ccc4c23)CC1)N1CCCC(C(F)(F)F)C1. The van der Waals surface area contributed by atoms with Crippen LogP contribution in [0.4, 0.5) is 18.0 Å². The summed E-state index contributed by atoms with van der Waals surface area (Å²) in [7, 11) is 0. The summed E-state index contributed by atoms with van der Waals surface area (Å²) < 4.78 is 39.3. The van der Waals surface area contributed by atoms with Gasteiger partial charge in [0.1, 0.15) is 5.65 Å². The van der Waals surface area contributed by atoms with Crippen molar-refractivity contribution in [1.29, 1.82) is 0 Å². The van der Waals surface area contributed by atoms with E-state index in [9.17, 15) is 18.0 Å². The molecule has 2 aliphatic rings. The molecular formula is C22H24F3N5O. The summed E-state index contributed by atoms with van der Waals surface area (Å²) in [5.74, 6) is -1.15. The van der Waals surface area contributed by atoms with Crippen LogP contribution in [0.15, 0.2) is 30.7 Å². The largest absolute Gasteiger partial charge is 0.393 e. The van der Waals surface area contributed by atoms with Crippen LogP contribution in [0.3, 0.4) is 0 Å². The summed E-state index contributed by atoms with van der Waals surface area (Å²) in [6.07, 6.45) is 3.23. The first-order chi connectivity index (χ1) is 14.9. The highest BCUT2D eigenvalue weighted by molar-refractivity contribution is 6.05. The first-order valence-corrected chi connectivity index (χ1v) is 10.7. The molecule has 0 aliphatic carbocycles. The molecule has 164 valence electrons. The van der Waals surface area contributed by atoms with Crippen molar-refractivity contribution in [2.24, 2.45) is 5.92 Å². The number of nitrogens with one attached hydrogen (secondary N) is 1. The van der Waals surface area contributed by atoms with Crippen molar-refractivity contribution in [2.75, 3.05) is 26.2 Å². The van der Waals surface area contributed by atoms with Gasteiger partial charge in [-0.05, 0) is 49.3 Å². The quantitative estimate of drug-likeness (QED) is 0.608. The lowest BCUT2D eigenvalue weighted by Crippen LogP contribution is -2.51. The van der Waals surface area contributed by atoms with E-state index in [0.717, 1.165) is 34.8 Å². The van der Waals surface area contributed by atoms with E-state index in [1.54, 1.807) is 17.3 Å². The van der Waals surface area contributed by atoms with Crippen LogP contribution < -0.4 is 0 Å². The summed E-state index contributed by atoms with van der Waals surface area (Å²) in [4.78, 5) is 28.0. The molecule has 2 fully saturated rings. The molecule has 0 saturated carbocycles. The fourth-order valence-corrected chi connectivity index (χ4v) is 5.02. The zero-order valence-electron chi connectivity index (χ0n) is 17.0. The number of hydrogen-bond donors (Lipinski definition) is 1. The van der Waals surface area contributed by atoms with Gasteiger partial charge in [-0.1, -0.05) is 0 Å². The Balaban J connectivity index is 1.31. The van der Waals surface area contributed by atoms with Gasteiger partial charge in [0.15, 0.2) is 0 Å². The van der Waals surface area contributed by atoms with Crippen molar-refractivity contribution < 1.29 is 18.0 Å². The first kappa shape index (κ1) is 20.1. The van der Waals surface area contributed by atoms with Gasteiger partial charge >= 0.3 is 12.2 Å². The summed E-state index contributed by atoms with van der Waals surface area (Å²) in [6.45, 7) is 1.26. The second kappa shape index (κ2) is 7.69. The highest BCUT2D eigenvalue weighted by Gasteiger charge is 2.43. The Bertz CT molecular complexity index is 1100. The van der Waals surface area contributed by atoms with Crippen LogP contribution in [-0.2, 0) is 0 Å². The number of carbonyl (C=O) groups excluding carboxylic acids is 1. The van der Waals surface area contributed by atoms with Crippen LogP contribution in [0.2, 0.25) is 0 Å². The number of halogens is 3. The molecular weight excluding hydrogens is 407 g/mol. The predicted molar refractivity (Wildman–Crippen MR) is 111 cm³/mol. The molecule has 2 aliphatic heterocycles. The zero-order valence-corrected chi connectivity index (χ0v) is 17.0. The average Bonchev–Trinajstić information content (AvgIpc) is 3.27. The number of rotatable bonds is 1. The molecule has 0 bridgehead atoms. The van der Waals surface area contributed by atoms with Gasteiger partial charge in [0.2, 0.25) is 0 Å². The highest BCUT2D eigenvalue weighted by Crippen LogP contribution is 2.37. The maximum absolute atomic E-state index is 13.1. The Morgan fingerprint density at radius 1 is 1.06 bits per heavy atom. The van der Waals surface area contributed by atoms with E-state index < -0.39 is 12.1 Å². The Labute approximate surface area is 177 Å². The lowest BCUT2D eigenvalue weighted by atomic mass is 9.87. The summed E-state index contributed by atoms with van der Waals surface area (Å²) in [5.41, 5.74) is 2.85. The van der Waals surface area contributed by atoms with Crippen molar-refractivity contribution in [3.8, 4) is 0 Å². The molecule has 2 amide bonds. The van der Waals surface area contributed by atoms with E-state index in [4.69, 9.17) is 0 Å². The molecule has 0 aromatic carbocycles. The van der Waals surface area contributed by atoms with Crippen molar-refractivity contribution in [3.63, 3.8) is 0 Å². The number of likely N-dealkylation sites (tertiary alicyclic amines) is 2. The molecule has 5 heterocycles. The van der Waals surface area contributed by atoms with E-state index >= 15 is 0 Å². The molecule has 5 rings (SSSR count). The van der Waals surface area contributed by atoms with Crippen LogP contribution >= 0.6 is 0 Å². The minimum Gasteiger partial charge on any atom is -0.346 e. The molecule has 31 heavy (non-hydrogen) atoms. The molecule has 9 heteroatoms. The smallest absolute Gasteiger partial charge is 0.346 e. The van der Waals surface area contributed by atoms with E-state index in [0.29, 0.717) is 26.1 Å². The number of carbonyl (C=O) groups is 1. The molecule has 0 radical (unpaired) electrons. The Kier molecular flexibility index (Phi) is 4.98. The number of pyridine rings is 2. The van der Waals surface area contributed by atoms with Gasteiger partial charge in [-0.15, -0.1) is 0 Å². The molecule has 2 saturated heterocycles. The number of hydrogen-bond acceptors (Lipinski definition) is 3. The Morgan fingerprint density at radius 3 is 2.65 bits per heavy atom. The number of amides is 2. The van der Waals surface area contributed by atoms with Gasteiger partial charge in [-0.3, -0.25) is 4.98 Å². The van der Waals surface area contributed by atoms with Gasteiger partial charge in [-0.25, -0.2) is 9.78 Å². The number of H-pyrrole nitrogens is 1. The molecule has 1 unspecified atom stereocenters. The van der Waals surface area contributed by atoms with Crippen LogP contribution in [0.25, 0.3) is 21.9 Å². The third-order valence-corrected chi connectivity index (χ3v) is 6.68. The lowest BCUT2D eigenvalue weighted by molar-refractivity contribution is -0.184. The van der Waals surface area contributed by atoms with Gasteiger partial charge < -0.3 is 14.8 Å². The molecule has 0 spiro atoms. The van der Waals surface area contributed by atoms with Crippen LogP contribution in [0.5, 0.6) is 0 Å². The number of nitrogens with zero attached hydrogens (tertiary/aromatic N) is 4. The van der Waals surface area contributed by atoms with Gasteiger partial charge in [0, 0.05) is 49.3 Å². The monoisotopic (exact) mass is 431 g/mol. The predicted octanol–water partition coefficient (Wildman–Crippen LogP) is 4.68. The summed E-state index contributed by atoms with van der Waals surface area (Å²) in [5, 5.41) is 2.12. The number of piperidine rings is 2. The van der Waals surface area contributed by atoms with Crippen LogP contribution in [0.1, 0.15) is 37.2 Å². The fraction of sp³-hybridized carbons (Fsp3) is 0.500. The Hall–Kier alpha value is -2.84. The number of urea groups is 1. The Morgan fingerprint density at radius 2 is 1.87 bits per heavy atom. The fourth-order valence-electron chi connectivity index (χ4n) is 5.02. The summed E-state index contributed by atoms with van der Waals surface area (Å²) >= 11 is 0. The topological polar surface area (TPSA) is 65.1 Å². The van der Waals surface area contributed by atoms with E-state index in [1.165, 1.54) is 10.5 Å². The van der Waals surface area contributed by atoms with Crippen molar-refractivity contribution >= 4 is 28.0 Å². The van der Waals surface area contributed by atoms with Crippen molar-refractivity contribution in [2.45, 2.75) is 37.8 Å². The normalized spacial score (nSPS) is 21.2. The highest BCUT2D eigenvalue weighted by atomic mass is 19.4. The van der Waals surface area contributed by atoms with E-state index in [1.807, 2.05) is 18.3 Å². The number of aromatic nitrogens is 3. The second-order valence-electron chi connectivity index (χ2n) is 8.53. The first-order valence-electron chi connectivity index (χ1n) is 10.7. The molecule has 1 atom stereocenters. The molecule has 3 aromatic rings. The maximum atomic E-state index is 13.1. The zero-order chi connectivity index (χ0) is 21.6. The summed E-state index contributed by atoms with van der Waals surface area (Å²) in [6, 6.07) is 3.78. The van der Waals surface area contributed by atoms with Crippen molar-refractivity contribution in [3.05, 3.63) is 36.3 Å². The second-order valence-corrected chi connectivity index (χ2v) is 8.53. The minimum absolute atomic E-state index is 0.104. The third-order valence-electron chi connectivity index (χ3n) is 6.68. The standard InChI is InChI=1S/C22H24F3N5O/c23-22(24,25)15-2-1-9-30(13-15)21(31)29-10-5-14(6-11-29)16-3-7-26-18-12-28-20-17(19(16)18)4-8-27-20/h3-4,7-8,12,14-15H,1-2,5-6,9-11,13H2,(H,27,28). The van der Waals surface area contributed by atoms with Gasteiger partial charge in [0.25, 0.3) is 0 Å². The number of fused-ring (bicyclic) bond motifs is 3. The van der Waals surface area contributed by atoms with Gasteiger partial charge in [-0.2, -0.15) is 13.2 Å². The number of aromatic amines is 1. The van der Waals surface area contributed by atoms with E-state index in [2.05, 4.69) is 15.0 Å². The van der Waals surface area contributed by atoms with Crippen molar-refractivity contribution in [1.82, 2.24) is 24.8 Å². The lowest BCUT2D eigenvalue weighted by Gasteiger charge is -2.39. The molecule has 3 aromatic heterocycles. The number of alkyl halides is 3. The minimum atomic E-state index is -4.24. The molecule has 1 N–H and O–H groups in total.